The smallest absolute Gasteiger partial charge is 0.122 e. The van der Waals surface area contributed by atoms with Gasteiger partial charge in [-0.05, 0) is 97.9 Å². The highest BCUT2D eigenvalue weighted by Gasteiger charge is 2.13. The lowest BCUT2D eigenvalue weighted by atomic mass is 10.0. The molecular formula is C28H42O2S2. The average Bonchev–Trinajstić information content (AvgIpc) is 2.80. The molecule has 32 heavy (non-hydrogen) atoms. The minimum Gasteiger partial charge on any atom is -0.507 e. The van der Waals surface area contributed by atoms with Gasteiger partial charge < -0.3 is 10.2 Å². The van der Waals surface area contributed by atoms with Crippen molar-refractivity contribution >= 4 is 21.6 Å². The number of aryl methyl sites for hydroxylation is 4. The summed E-state index contributed by atoms with van der Waals surface area (Å²) in [4.78, 5) is 2.42. The van der Waals surface area contributed by atoms with Gasteiger partial charge in [0.05, 0.1) is 0 Å². The van der Waals surface area contributed by atoms with Crippen molar-refractivity contribution in [3.63, 3.8) is 0 Å². The van der Waals surface area contributed by atoms with Crippen LogP contribution in [0.15, 0.2) is 34.1 Å². The third-order valence-corrected chi connectivity index (χ3v) is 8.26. The molecule has 0 amide bonds. The van der Waals surface area contributed by atoms with Crippen molar-refractivity contribution in [1.82, 2.24) is 0 Å². The van der Waals surface area contributed by atoms with Crippen LogP contribution in [0.1, 0.15) is 101 Å². The Labute approximate surface area is 204 Å². The van der Waals surface area contributed by atoms with E-state index in [0.29, 0.717) is 11.5 Å². The van der Waals surface area contributed by atoms with Crippen LogP contribution in [-0.4, -0.2) is 10.2 Å². The van der Waals surface area contributed by atoms with Crippen molar-refractivity contribution in [2.24, 2.45) is 0 Å². The molecule has 0 bridgehead atoms. The Balaban J connectivity index is 2.26. The molecule has 0 radical (unpaired) electrons. The molecule has 2 rings (SSSR count). The van der Waals surface area contributed by atoms with E-state index in [9.17, 15) is 10.2 Å². The monoisotopic (exact) mass is 474 g/mol. The average molecular weight is 475 g/mol. The van der Waals surface area contributed by atoms with Gasteiger partial charge in [0.25, 0.3) is 0 Å². The largest absolute Gasteiger partial charge is 0.507 e. The van der Waals surface area contributed by atoms with Gasteiger partial charge in [-0.15, -0.1) is 0 Å². The van der Waals surface area contributed by atoms with Crippen molar-refractivity contribution < 1.29 is 10.2 Å². The second kappa shape index (κ2) is 14.8. The maximum atomic E-state index is 10.8. The summed E-state index contributed by atoms with van der Waals surface area (Å²) < 4.78 is 0. The van der Waals surface area contributed by atoms with Crippen molar-refractivity contribution in [2.75, 3.05) is 0 Å². The van der Waals surface area contributed by atoms with Crippen LogP contribution < -0.4 is 0 Å². The van der Waals surface area contributed by atoms with E-state index in [0.717, 1.165) is 99.3 Å². The molecule has 0 aliphatic carbocycles. The van der Waals surface area contributed by atoms with Gasteiger partial charge in [0, 0.05) is 9.79 Å². The zero-order valence-electron chi connectivity index (χ0n) is 20.5. The predicted octanol–water partition coefficient (Wildman–Crippen LogP) is 9.27. The molecule has 0 saturated heterocycles. The van der Waals surface area contributed by atoms with Gasteiger partial charge in [-0.2, -0.15) is 0 Å². The first-order valence-corrected chi connectivity index (χ1v) is 14.7. The Bertz CT molecular complexity index is 705. The molecule has 0 heterocycles. The fraction of sp³-hybridized carbons (Fsp3) is 0.571. The SMILES string of the molecule is CCCCc1cc(SSc2cc(CCCC)c(O)c(CCCC)c2)cc(CCCC)c1O. The lowest BCUT2D eigenvalue weighted by molar-refractivity contribution is 0.457. The second-order valence-electron chi connectivity index (χ2n) is 8.76. The molecular weight excluding hydrogens is 432 g/mol. The maximum absolute atomic E-state index is 10.8. The molecule has 0 unspecified atom stereocenters. The van der Waals surface area contributed by atoms with Crippen LogP contribution in [0.2, 0.25) is 0 Å². The highest BCUT2D eigenvalue weighted by atomic mass is 33.1. The summed E-state index contributed by atoms with van der Waals surface area (Å²) in [5.41, 5.74) is 4.34. The van der Waals surface area contributed by atoms with Crippen LogP contribution in [0, 0.1) is 0 Å². The van der Waals surface area contributed by atoms with Crippen molar-refractivity contribution in [2.45, 2.75) is 115 Å². The third-order valence-electron chi connectivity index (χ3n) is 5.92. The number of hydrogen-bond acceptors (Lipinski definition) is 4. The molecule has 2 aromatic rings. The Morgan fingerprint density at radius 1 is 0.500 bits per heavy atom. The van der Waals surface area contributed by atoms with E-state index in [1.54, 1.807) is 21.6 Å². The molecule has 0 aliphatic heterocycles. The lowest BCUT2D eigenvalue weighted by Crippen LogP contribution is -1.94. The van der Waals surface area contributed by atoms with E-state index in [-0.39, 0.29) is 0 Å². The summed E-state index contributed by atoms with van der Waals surface area (Å²) in [7, 11) is 3.54. The van der Waals surface area contributed by atoms with Crippen molar-refractivity contribution in [1.29, 1.82) is 0 Å². The Kier molecular flexibility index (Phi) is 12.5. The van der Waals surface area contributed by atoms with Gasteiger partial charge in [0.1, 0.15) is 11.5 Å². The number of rotatable bonds is 15. The number of phenols is 2. The summed E-state index contributed by atoms with van der Waals surface area (Å²) >= 11 is 0. The van der Waals surface area contributed by atoms with Crippen molar-refractivity contribution in [3.05, 3.63) is 46.5 Å². The molecule has 2 nitrogen and oxygen atoms in total. The van der Waals surface area contributed by atoms with Crippen molar-refractivity contribution in [3.8, 4) is 11.5 Å². The zero-order valence-corrected chi connectivity index (χ0v) is 22.1. The normalized spacial score (nSPS) is 11.2. The number of phenolic OH excluding ortho intramolecular Hbond substituents is 2. The Morgan fingerprint density at radius 2 is 0.750 bits per heavy atom. The highest BCUT2D eigenvalue weighted by molar-refractivity contribution is 8.76. The van der Waals surface area contributed by atoms with E-state index in [4.69, 9.17) is 0 Å². The molecule has 0 fully saturated rings. The van der Waals surface area contributed by atoms with Gasteiger partial charge in [0.15, 0.2) is 0 Å². The summed E-state index contributed by atoms with van der Waals surface area (Å²) in [6, 6.07) is 8.70. The highest BCUT2D eigenvalue weighted by Crippen LogP contribution is 2.43. The van der Waals surface area contributed by atoms with Gasteiger partial charge in [-0.3, -0.25) is 0 Å². The third kappa shape index (κ3) is 8.26. The minimum absolute atomic E-state index is 0.509. The number of unbranched alkanes of at least 4 members (excludes halogenated alkanes) is 4. The standard InChI is InChI=1S/C28H42O2S2/c1-5-9-13-21-17-25(18-22(27(21)29)14-10-6-2)31-32-26-19-23(15-11-7-3)28(30)24(20-26)16-12-8-4/h17-20,29-30H,5-16H2,1-4H3. The fourth-order valence-corrected chi connectivity index (χ4v) is 5.99. The maximum Gasteiger partial charge on any atom is 0.122 e. The van der Waals surface area contributed by atoms with Crippen LogP contribution in [0.25, 0.3) is 0 Å². The van der Waals surface area contributed by atoms with Crippen LogP contribution in [0.4, 0.5) is 0 Å². The topological polar surface area (TPSA) is 40.5 Å². The van der Waals surface area contributed by atoms with E-state index in [2.05, 4.69) is 52.0 Å². The molecule has 0 aliphatic rings. The molecule has 2 aromatic carbocycles. The number of aromatic hydroxyl groups is 2. The molecule has 0 atom stereocenters. The molecule has 178 valence electrons. The van der Waals surface area contributed by atoms with Crippen LogP contribution in [0.3, 0.4) is 0 Å². The molecule has 2 N–H and O–H groups in total. The molecule has 0 aromatic heterocycles. The quantitative estimate of drug-likeness (QED) is 0.252. The van der Waals surface area contributed by atoms with Crippen LogP contribution >= 0.6 is 21.6 Å². The number of benzene rings is 2. The van der Waals surface area contributed by atoms with Gasteiger partial charge in [0.2, 0.25) is 0 Å². The molecule has 0 saturated carbocycles. The lowest BCUT2D eigenvalue weighted by Gasteiger charge is -2.14. The first kappa shape index (κ1) is 27.0. The van der Waals surface area contributed by atoms with E-state index < -0.39 is 0 Å². The van der Waals surface area contributed by atoms with E-state index in [1.807, 2.05) is 0 Å². The zero-order chi connectivity index (χ0) is 23.3. The van der Waals surface area contributed by atoms with E-state index in [1.165, 1.54) is 9.79 Å². The van der Waals surface area contributed by atoms with Gasteiger partial charge in [-0.1, -0.05) is 75.0 Å². The summed E-state index contributed by atoms with van der Waals surface area (Å²) in [5.74, 6) is 1.02. The summed E-state index contributed by atoms with van der Waals surface area (Å²) in [6.45, 7) is 8.78. The molecule has 4 heteroatoms. The second-order valence-corrected chi connectivity index (χ2v) is 11.0. The number of hydrogen-bond donors (Lipinski definition) is 2. The van der Waals surface area contributed by atoms with Crippen LogP contribution in [-0.2, 0) is 25.7 Å². The van der Waals surface area contributed by atoms with E-state index >= 15 is 0 Å². The Hall–Kier alpha value is -1.26. The van der Waals surface area contributed by atoms with Gasteiger partial charge in [-0.25, -0.2) is 0 Å². The Morgan fingerprint density at radius 3 is 0.969 bits per heavy atom. The first-order valence-electron chi connectivity index (χ1n) is 12.6. The summed E-state index contributed by atoms with van der Waals surface area (Å²) in [6.07, 6.45) is 12.6. The fourth-order valence-electron chi connectivity index (χ4n) is 3.88. The molecule has 0 spiro atoms. The predicted molar refractivity (Wildman–Crippen MR) is 142 cm³/mol. The minimum atomic E-state index is 0.509. The first-order chi connectivity index (χ1) is 15.5. The van der Waals surface area contributed by atoms with Gasteiger partial charge >= 0.3 is 0 Å². The summed E-state index contributed by atoms with van der Waals surface area (Å²) in [5, 5.41) is 21.6. The van der Waals surface area contributed by atoms with Crippen LogP contribution in [0.5, 0.6) is 11.5 Å².